The van der Waals surface area contributed by atoms with Gasteiger partial charge in [0.15, 0.2) is 0 Å². The minimum atomic E-state index is -0.280. The van der Waals surface area contributed by atoms with Crippen molar-refractivity contribution in [1.29, 1.82) is 0 Å². The molecule has 1 atom stereocenters. The smallest absolute Gasteiger partial charge is 0.238 e. The Bertz CT molecular complexity index is 409. The standard InChI is InChI=1S/C12H16BrFN2O/c1-8(12(17)16(2)3)15-7-9-4-5-10(14)6-11(9)13/h4-6,8,15H,7H2,1-3H3. The number of benzene rings is 1. The van der Waals surface area contributed by atoms with Crippen molar-refractivity contribution in [2.45, 2.75) is 19.5 Å². The van der Waals surface area contributed by atoms with Crippen molar-refractivity contribution in [1.82, 2.24) is 10.2 Å². The van der Waals surface area contributed by atoms with E-state index in [1.165, 1.54) is 17.0 Å². The number of nitrogens with one attached hydrogen (secondary N) is 1. The zero-order valence-electron chi connectivity index (χ0n) is 10.1. The fourth-order valence-corrected chi connectivity index (χ4v) is 1.89. The fraction of sp³-hybridized carbons (Fsp3) is 0.417. The third kappa shape index (κ3) is 4.09. The molecule has 0 bridgehead atoms. The van der Waals surface area contributed by atoms with Gasteiger partial charge in [0.1, 0.15) is 5.82 Å². The first-order valence-electron chi connectivity index (χ1n) is 5.30. The first-order chi connectivity index (χ1) is 7.91. The lowest BCUT2D eigenvalue weighted by atomic mass is 10.2. The Morgan fingerprint density at radius 3 is 2.71 bits per heavy atom. The highest BCUT2D eigenvalue weighted by Crippen LogP contribution is 2.17. The molecule has 1 aromatic rings. The van der Waals surface area contributed by atoms with Crippen LogP contribution in [0, 0.1) is 5.82 Å². The molecule has 1 rings (SSSR count). The van der Waals surface area contributed by atoms with Crippen molar-refractivity contribution in [2.75, 3.05) is 14.1 Å². The summed E-state index contributed by atoms with van der Waals surface area (Å²) >= 11 is 3.29. The maximum Gasteiger partial charge on any atom is 0.238 e. The summed E-state index contributed by atoms with van der Waals surface area (Å²) in [5, 5.41) is 3.10. The number of amides is 1. The van der Waals surface area contributed by atoms with E-state index >= 15 is 0 Å². The van der Waals surface area contributed by atoms with Crippen molar-refractivity contribution < 1.29 is 9.18 Å². The number of carbonyl (C=O) groups excluding carboxylic acids is 1. The predicted molar refractivity (Wildman–Crippen MR) is 69.1 cm³/mol. The van der Waals surface area contributed by atoms with Gasteiger partial charge in [-0.05, 0) is 24.6 Å². The molecule has 1 aromatic carbocycles. The van der Waals surface area contributed by atoms with Crippen LogP contribution in [0.25, 0.3) is 0 Å². The third-order valence-corrected chi connectivity index (χ3v) is 3.16. The van der Waals surface area contributed by atoms with E-state index in [1.54, 1.807) is 27.1 Å². The summed E-state index contributed by atoms with van der Waals surface area (Å²) < 4.78 is 13.6. The molecule has 0 saturated heterocycles. The molecule has 17 heavy (non-hydrogen) atoms. The first-order valence-corrected chi connectivity index (χ1v) is 6.09. The van der Waals surface area contributed by atoms with E-state index in [2.05, 4.69) is 21.2 Å². The lowest BCUT2D eigenvalue weighted by Crippen LogP contribution is -2.41. The Hall–Kier alpha value is -0.940. The normalized spacial score (nSPS) is 12.3. The highest BCUT2D eigenvalue weighted by atomic mass is 79.9. The number of hydrogen-bond donors (Lipinski definition) is 1. The van der Waals surface area contributed by atoms with Gasteiger partial charge in [0.05, 0.1) is 6.04 Å². The van der Waals surface area contributed by atoms with Crippen LogP contribution in [-0.2, 0) is 11.3 Å². The second kappa shape index (κ2) is 6.12. The van der Waals surface area contributed by atoms with Gasteiger partial charge in [-0.1, -0.05) is 22.0 Å². The summed E-state index contributed by atoms with van der Waals surface area (Å²) in [5.74, 6) is -0.263. The Morgan fingerprint density at radius 1 is 1.53 bits per heavy atom. The number of halogens is 2. The van der Waals surface area contributed by atoms with Crippen LogP contribution in [0.4, 0.5) is 4.39 Å². The van der Waals surface area contributed by atoms with Gasteiger partial charge in [-0.2, -0.15) is 0 Å². The van der Waals surface area contributed by atoms with Gasteiger partial charge in [0.25, 0.3) is 0 Å². The molecular formula is C12H16BrFN2O. The van der Waals surface area contributed by atoms with E-state index < -0.39 is 0 Å². The molecule has 0 aromatic heterocycles. The van der Waals surface area contributed by atoms with E-state index in [9.17, 15) is 9.18 Å². The molecule has 0 heterocycles. The van der Waals surface area contributed by atoms with Crippen LogP contribution in [-0.4, -0.2) is 30.9 Å². The topological polar surface area (TPSA) is 32.3 Å². The number of rotatable bonds is 4. The summed E-state index contributed by atoms with van der Waals surface area (Å²) in [7, 11) is 3.43. The van der Waals surface area contributed by atoms with Gasteiger partial charge < -0.3 is 10.2 Å². The van der Waals surface area contributed by atoms with E-state index in [0.717, 1.165) is 5.56 Å². The van der Waals surface area contributed by atoms with Crippen molar-refractivity contribution in [3.63, 3.8) is 0 Å². The maximum atomic E-state index is 12.9. The van der Waals surface area contributed by atoms with E-state index in [1.807, 2.05) is 0 Å². The highest BCUT2D eigenvalue weighted by molar-refractivity contribution is 9.10. The molecule has 3 nitrogen and oxygen atoms in total. The third-order valence-electron chi connectivity index (χ3n) is 2.43. The van der Waals surface area contributed by atoms with Crippen molar-refractivity contribution in [3.8, 4) is 0 Å². The molecule has 0 spiro atoms. The van der Waals surface area contributed by atoms with Crippen LogP contribution < -0.4 is 5.32 Å². The minimum absolute atomic E-state index is 0.0169. The molecular weight excluding hydrogens is 287 g/mol. The largest absolute Gasteiger partial charge is 0.347 e. The Kier molecular flexibility index (Phi) is 5.08. The Balaban J connectivity index is 2.59. The molecule has 0 aliphatic carbocycles. The molecule has 0 radical (unpaired) electrons. The molecule has 0 saturated carbocycles. The molecule has 1 unspecified atom stereocenters. The van der Waals surface area contributed by atoms with Crippen LogP contribution in [0.3, 0.4) is 0 Å². The predicted octanol–water partition coefficient (Wildman–Crippen LogP) is 2.15. The summed E-state index contributed by atoms with van der Waals surface area (Å²) in [6, 6.07) is 4.25. The van der Waals surface area contributed by atoms with Crippen LogP contribution in [0.2, 0.25) is 0 Å². The van der Waals surface area contributed by atoms with Gasteiger partial charge in [0, 0.05) is 25.1 Å². The average Bonchev–Trinajstić information content (AvgIpc) is 2.26. The van der Waals surface area contributed by atoms with Gasteiger partial charge in [-0.25, -0.2) is 4.39 Å². The molecule has 1 amide bonds. The lowest BCUT2D eigenvalue weighted by Gasteiger charge is -2.18. The Morgan fingerprint density at radius 2 is 2.18 bits per heavy atom. The summed E-state index contributed by atoms with van der Waals surface area (Å²) in [5.41, 5.74) is 0.921. The van der Waals surface area contributed by atoms with Crippen molar-refractivity contribution >= 4 is 21.8 Å². The fourth-order valence-electron chi connectivity index (χ4n) is 1.40. The minimum Gasteiger partial charge on any atom is -0.347 e. The molecule has 0 aliphatic rings. The van der Waals surface area contributed by atoms with Crippen LogP contribution in [0.5, 0.6) is 0 Å². The van der Waals surface area contributed by atoms with Crippen LogP contribution in [0.1, 0.15) is 12.5 Å². The average molecular weight is 303 g/mol. The van der Waals surface area contributed by atoms with Gasteiger partial charge in [-0.3, -0.25) is 4.79 Å². The van der Waals surface area contributed by atoms with E-state index in [0.29, 0.717) is 11.0 Å². The molecule has 5 heteroatoms. The summed E-state index contributed by atoms with van der Waals surface area (Å²) in [4.78, 5) is 13.1. The molecule has 0 fully saturated rings. The van der Waals surface area contributed by atoms with E-state index in [4.69, 9.17) is 0 Å². The quantitative estimate of drug-likeness (QED) is 0.924. The number of likely N-dealkylation sites (N-methyl/N-ethyl adjacent to an activating group) is 1. The van der Waals surface area contributed by atoms with Crippen LogP contribution in [0.15, 0.2) is 22.7 Å². The Labute approximate surface area is 109 Å². The van der Waals surface area contributed by atoms with E-state index in [-0.39, 0.29) is 17.8 Å². The van der Waals surface area contributed by atoms with Gasteiger partial charge in [-0.15, -0.1) is 0 Å². The second-order valence-electron chi connectivity index (χ2n) is 4.07. The summed E-state index contributed by atoms with van der Waals surface area (Å²) in [6.45, 7) is 2.32. The number of nitrogens with zero attached hydrogens (tertiary/aromatic N) is 1. The monoisotopic (exact) mass is 302 g/mol. The first kappa shape index (κ1) is 14.1. The maximum absolute atomic E-state index is 12.9. The van der Waals surface area contributed by atoms with Gasteiger partial charge in [0.2, 0.25) is 5.91 Å². The SMILES string of the molecule is CC(NCc1ccc(F)cc1Br)C(=O)N(C)C. The highest BCUT2D eigenvalue weighted by Gasteiger charge is 2.14. The molecule has 0 aliphatic heterocycles. The lowest BCUT2D eigenvalue weighted by molar-refractivity contribution is -0.130. The van der Waals surface area contributed by atoms with Crippen molar-refractivity contribution in [2.24, 2.45) is 0 Å². The number of hydrogen-bond acceptors (Lipinski definition) is 2. The second-order valence-corrected chi connectivity index (χ2v) is 4.93. The summed E-state index contributed by atoms with van der Waals surface area (Å²) in [6.07, 6.45) is 0. The zero-order chi connectivity index (χ0) is 13.0. The molecule has 1 N–H and O–H groups in total. The molecule has 94 valence electrons. The van der Waals surface area contributed by atoms with Crippen LogP contribution >= 0.6 is 15.9 Å². The van der Waals surface area contributed by atoms with Gasteiger partial charge >= 0.3 is 0 Å². The van der Waals surface area contributed by atoms with Crippen molar-refractivity contribution in [3.05, 3.63) is 34.1 Å². The zero-order valence-corrected chi connectivity index (χ0v) is 11.7. The number of carbonyl (C=O) groups is 1.